The van der Waals surface area contributed by atoms with Crippen molar-refractivity contribution in [3.8, 4) is 0 Å². The summed E-state index contributed by atoms with van der Waals surface area (Å²) in [6.45, 7) is 8.44. The van der Waals surface area contributed by atoms with Gasteiger partial charge in [0.1, 0.15) is 0 Å². The number of hydrogen-bond acceptors (Lipinski definition) is 2. The summed E-state index contributed by atoms with van der Waals surface area (Å²) in [5, 5.41) is 0. The maximum atomic E-state index is 12.9. The van der Waals surface area contributed by atoms with Crippen LogP contribution in [0.1, 0.15) is 37.8 Å². The Morgan fingerprint density at radius 1 is 1.12 bits per heavy atom. The number of carbonyl (C=O) groups excluding carboxylic acids is 1. The van der Waals surface area contributed by atoms with E-state index in [1.165, 1.54) is 16.8 Å². The lowest BCUT2D eigenvalue weighted by atomic mass is 10.0. The molecule has 0 fully saturated rings. The molecule has 0 N–H and O–H groups in total. The normalized spacial score (nSPS) is 16.3. The predicted molar refractivity (Wildman–Crippen MR) is 99.2 cm³/mol. The van der Waals surface area contributed by atoms with Gasteiger partial charge in [-0.15, -0.1) is 0 Å². The van der Waals surface area contributed by atoms with Crippen LogP contribution < -0.4 is 4.90 Å². The number of anilines is 1. The number of benzene rings is 2. The van der Waals surface area contributed by atoms with Crippen molar-refractivity contribution in [1.82, 2.24) is 4.90 Å². The largest absolute Gasteiger partial charge is 0.361 e. The molecular formula is C21H26N2O. The van der Waals surface area contributed by atoms with E-state index in [1.807, 2.05) is 23.1 Å². The molecule has 2 aromatic carbocycles. The molecule has 0 saturated carbocycles. The van der Waals surface area contributed by atoms with Crippen LogP contribution >= 0.6 is 0 Å². The van der Waals surface area contributed by atoms with Crippen molar-refractivity contribution in [3.63, 3.8) is 0 Å². The summed E-state index contributed by atoms with van der Waals surface area (Å²) in [6, 6.07) is 18.8. The molecule has 24 heavy (non-hydrogen) atoms. The zero-order valence-corrected chi connectivity index (χ0v) is 14.8. The van der Waals surface area contributed by atoms with Gasteiger partial charge < -0.3 is 9.80 Å². The first-order valence-electron chi connectivity index (χ1n) is 8.73. The lowest BCUT2D eigenvalue weighted by Crippen LogP contribution is -2.43. The van der Waals surface area contributed by atoms with Crippen LogP contribution in [0.5, 0.6) is 0 Å². The van der Waals surface area contributed by atoms with Gasteiger partial charge in [-0.1, -0.05) is 55.5 Å². The fraction of sp³-hybridized carbons (Fsp3) is 0.381. The second-order valence-electron chi connectivity index (χ2n) is 6.94. The van der Waals surface area contributed by atoms with Gasteiger partial charge >= 0.3 is 0 Å². The third kappa shape index (κ3) is 3.45. The SMILES string of the molecule is CC1CN(CC(=O)N(Cc2ccccc2)C(C)C)c2ccccc21. The molecule has 0 saturated heterocycles. The smallest absolute Gasteiger partial charge is 0.242 e. The molecule has 0 bridgehead atoms. The summed E-state index contributed by atoms with van der Waals surface area (Å²) in [4.78, 5) is 17.1. The van der Waals surface area contributed by atoms with E-state index in [-0.39, 0.29) is 11.9 Å². The summed E-state index contributed by atoms with van der Waals surface area (Å²) >= 11 is 0. The molecule has 0 radical (unpaired) electrons. The summed E-state index contributed by atoms with van der Waals surface area (Å²) in [6.07, 6.45) is 0. The maximum Gasteiger partial charge on any atom is 0.242 e. The molecule has 1 unspecified atom stereocenters. The molecule has 0 aliphatic carbocycles. The van der Waals surface area contributed by atoms with Gasteiger partial charge in [-0.2, -0.15) is 0 Å². The van der Waals surface area contributed by atoms with Crippen molar-refractivity contribution < 1.29 is 4.79 Å². The van der Waals surface area contributed by atoms with E-state index in [1.54, 1.807) is 0 Å². The first kappa shape index (κ1) is 16.6. The Morgan fingerprint density at radius 2 is 1.79 bits per heavy atom. The van der Waals surface area contributed by atoms with Crippen molar-refractivity contribution in [2.45, 2.75) is 39.3 Å². The van der Waals surface area contributed by atoms with Crippen molar-refractivity contribution in [2.75, 3.05) is 18.0 Å². The average molecular weight is 322 g/mol. The molecule has 3 heteroatoms. The highest BCUT2D eigenvalue weighted by molar-refractivity contribution is 5.83. The maximum absolute atomic E-state index is 12.9. The molecule has 1 heterocycles. The molecular weight excluding hydrogens is 296 g/mol. The molecule has 126 valence electrons. The Morgan fingerprint density at radius 3 is 2.50 bits per heavy atom. The molecule has 1 aliphatic rings. The van der Waals surface area contributed by atoms with E-state index >= 15 is 0 Å². The average Bonchev–Trinajstić information content (AvgIpc) is 2.89. The Hall–Kier alpha value is -2.29. The second kappa shape index (κ2) is 7.08. The minimum absolute atomic E-state index is 0.188. The van der Waals surface area contributed by atoms with Gasteiger partial charge in [-0.3, -0.25) is 4.79 Å². The Balaban J connectivity index is 1.73. The number of rotatable bonds is 5. The number of carbonyl (C=O) groups is 1. The first-order valence-corrected chi connectivity index (χ1v) is 8.73. The van der Waals surface area contributed by atoms with Crippen LogP contribution in [0.15, 0.2) is 54.6 Å². The summed E-state index contributed by atoms with van der Waals surface area (Å²) < 4.78 is 0. The number of hydrogen-bond donors (Lipinski definition) is 0. The topological polar surface area (TPSA) is 23.6 Å². The third-order valence-electron chi connectivity index (χ3n) is 4.77. The number of amides is 1. The van der Waals surface area contributed by atoms with Crippen molar-refractivity contribution >= 4 is 11.6 Å². The van der Waals surface area contributed by atoms with Gasteiger partial charge in [0.15, 0.2) is 0 Å². The fourth-order valence-corrected chi connectivity index (χ4v) is 3.46. The molecule has 3 rings (SSSR count). The highest BCUT2D eigenvalue weighted by atomic mass is 16.2. The number of para-hydroxylation sites is 1. The van der Waals surface area contributed by atoms with Gasteiger partial charge in [-0.05, 0) is 31.0 Å². The fourth-order valence-electron chi connectivity index (χ4n) is 3.46. The standard InChI is InChI=1S/C21H26N2O/c1-16(2)23(14-18-9-5-4-6-10-18)21(24)15-22-13-17(3)19-11-7-8-12-20(19)22/h4-12,16-17H,13-15H2,1-3H3. The second-order valence-corrected chi connectivity index (χ2v) is 6.94. The van der Waals surface area contributed by atoms with Gasteiger partial charge in [0, 0.05) is 30.7 Å². The van der Waals surface area contributed by atoms with Crippen LogP contribution in [0.2, 0.25) is 0 Å². The lowest BCUT2D eigenvalue weighted by Gasteiger charge is -2.30. The predicted octanol–water partition coefficient (Wildman–Crippen LogP) is 4.05. The highest BCUT2D eigenvalue weighted by Gasteiger charge is 2.28. The van der Waals surface area contributed by atoms with E-state index in [9.17, 15) is 4.79 Å². The highest BCUT2D eigenvalue weighted by Crippen LogP contribution is 2.35. The Bertz CT molecular complexity index is 696. The first-order chi connectivity index (χ1) is 11.6. The van der Waals surface area contributed by atoms with E-state index in [2.05, 4.69) is 62.1 Å². The van der Waals surface area contributed by atoms with Crippen LogP contribution in [-0.2, 0) is 11.3 Å². The van der Waals surface area contributed by atoms with Crippen LogP contribution in [0, 0.1) is 0 Å². The van der Waals surface area contributed by atoms with Crippen LogP contribution in [0.4, 0.5) is 5.69 Å². The minimum Gasteiger partial charge on any atom is -0.361 e. The number of fused-ring (bicyclic) bond motifs is 1. The molecule has 2 aromatic rings. The zero-order chi connectivity index (χ0) is 17.1. The Kier molecular flexibility index (Phi) is 4.89. The number of nitrogens with zero attached hydrogens (tertiary/aromatic N) is 2. The Labute approximate surface area is 144 Å². The molecule has 1 aliphatic heterocycles. The third-order valence-corrected chi connectivity index (χ3v) is 4.77. The van der Waals surface area contributed by atoms with E-state index in [4.69, 9.17) is 0 Å². The van der Waals surface area contributed by atoms with Crippen LogP contribution in [0.25, 0.3) is 0 Å². The van der Waals surface area contributed by atoms with Gasteiger partial charge in [0.25, 0.3) is 0 Å². The van der Waals surface area contributed by atoms with Gasteiger partial charge in [-0.25, -0.2) is 0 Å². The quantitative estimate of drug-likeness (QED) is 0.829. The summed E-state index contributed by atoms with van der Waals surface area (Å²) in [7, 11) is 0. The van der Waals surface area contributed by atoms with E-state index < -0.39 is 0 Å². The zero-order valence-electron chi connectivity index (χ0n) is 14.8. The summed E-state index contributed by atoms with van der Waals surface area (Å²) in [5.41, 5.74) is 3.74. The van der Waals surface area contributed by atoms with E-state index in [0.717, 1.165) is 6.54 Å². The van der Waals surface area contributed by atoms with Crippen molar-refractivity contribution in [3.05, 3.63) is 65.7 Å². The molecule has 0 aromatic heterocycles. The van der Waals surface area contributed by atoms with Crippen LogP contribution in [-0.4, -0.2) is 29.9 Å². The van der Waals surface area contributed by atoms with Gasteiger partial charge in [0.05, 0.1) is 6.54 Å². The molecule has 1 atom stereocenters. The lowest BCUT2D eigenvalue weighted by molar-refractivity contribution is -0.132. The van der Waals surface area contributed by atoms with Crippen LogP contribution in [0.3, 0.4) is 0 Å². The molecule has 0 spiro atoms. The van der Waals surface area contributed by atoms with Crippen molar-refractivity contribution in [1.29, 1.82) is 0 Å². The monoisotopic (exact) mass is 322 g/mol. The minimum atomic E-state index is 0.188. The summed E-state index contributed by atoms with van der Waals surface area (Å²) in [5.74, 6) is 0.674. The van der Waals surface area contributed by atoms with Crippen molar-refractivity contribution in [2.24, 2.45) is 0 Å². The van der Waals surface area contributed by atoms with E-state index in [0.29, 0.717) is 19.0 Å². The molecule has 3 nitrogen and oxygen atoms in total. The van der Waals surface area contributed by atoms with Gasteiger partial charge in [0.2, 0.25) is 5.91 Å². The molecule has 1 amide bonds.